The fraction of sp³-hybridized carbons (Fsp3) is 0.105. The molecular weight excluding hydrogens is 355 g/mol. The first-order chi connectivity index (χ1) is 12.4. The predicted octanol–water partition coefficient (Wildman–Crippen LogP) is 4.02. The quantitative estimate of drug-likeness (QED) is 0.826. The van der Waals surface area contributed by atoms with Gasteiger partial charge in [0.2, 0.25) is 5.91 Å². The second kappa shape index (κ2) is 7.53. The lowest BCUT2D eigenvalue weighted by Crippen LogP contribution is -2.27. The first kappa shape index (κ1) is 17.9. The highest BCUT2D eigenvalue weighted by atomic mass is 32.2. The highest BCUT2D eigenvalue weighted by Gasteiger charge is 2.35. The summed E-state index contributed by atoms with van der Waals surface area (Å²) in [6.45, 7) is 1.32. The van der Waals surface area contributed by atoms with Gasteiger partial charge in [-0.2, -0.15) is 0 Å². The number of amides is 3. The van der Waals surface area contributed by atoms with E-state index in [0.29, 0.717) is 5.69 Å². The number of nitrogens with zero attached hydrogens (tertiary/aromatic N) is 1. The summed E-state index contributed by atoms with van der Waals surface area (Å²) in [7, 11) is 0. The Morgan fingerprint density at radius 1 is 1.15 bits per heavy atom. The largest absolute Gasteiger partial charge is 0.326 e. The predicted molar refractivity (Wildman–Crippen MR) is 98.7 cm³/mol. The van der Waals surface area contributed by atoms with Gasteiger partial charge in [-0.3, -0.25) is 19.3 Å². The lowest BCUT2D eigenvalue weighted by atomic mass is 10.1. The van der Waals surface area contributed by atoms with E-state index in [0.717, 1.165) is 22.2 Å². The van der Waals surface area contributed by atoms with Crippen LogP contribution in [0.5, 0.6) is 0 Å². The molecule has 1 aliphatic rings. The van der Waals surface area contributed by atoms with Crippen molar-refractivity contribution in [2.75, 3.05) is 5.32 Å². The molecule has 2 aromatic rings. The van der Waals surface area contributed by atoms with Gasteiger partial charge >= 0.3 is 0 Å². The van der Waals surface area contributed by atoms with E-state index < -0.39 is 17.0 Å². The van der Waals surface area contributed by atoms with Gasteiger partial charge < -0.3 is 5.32 Å². The van der Waals surface area contributed by atoms with E-state index >= 15 is 0 Å². The standard InChI is InChI=1S/C19H15FN2O3S/c1-12(23)21-15-8-6-13(7-9-15)10-17-18(24)22(19(25)26-17)11-14-4-2-3-5-16(14)20/h2-10H,11H2,1H3,(H,21,23)/b17-10-. The fourth-order valence-electron chi connectivity index (χ4n) is 2.45. The number of halogens is 1. The van der Waals surface area contributed by atoms with Gasteiger partial charge in [-0.15, -0.1) is 0 Å². The van der Waals surface area contributed by atoms with Gasteiger partial charge in [-0.1, -0.05) is 30.3 Å². The molecule has 2 aromatic carbocycles. The summed E-state index contributed by atoms with van der Waals surface area (Å²) in [6.07, 6.45) is 1.60. The Kier molecular flexibility index (Phi) is 5.18. The molecule has 0 spiro atoms. The van der Waals surface area contributed by atoms with Crippen LogP contribution >= 0.6 is 11.8 Å². The Balaban J connectivity index is 1.76. The Morgan fingerprint density at radius 2 is 1.85 bits per heavy atom. The van der Waals surface area contributed by atoms with Crippen LogP contribution in [-0.2, 0) is 16.1 Å². The summed E-state index contributed by atoms with van der Waals surface area (Å²) in [5, 5.41) is 2.22. The monoisotopic (exact) mass is 370 g/mol. The third-order valence-corrected chi connectivity index (χ3v) is 4.60. The average Bonchev–Trinajstić information content (AvgIpc) is 2.85. The van der Waals surface area contributed by atoms with Crippen molar-refractivity contribution < 1.29 is 18.8 Å². The summed E-state index contributed by atoms with van der Waals surface area (Å²) < 4.78 is 13.8. The Labute approximate surface area is 153 Å². The molecule has 3 rings (SSSR count). The van der Waals surface area contributed by atoms with Gasteiger partial charge in [0.25, 0.3) is 11.1 Å². The minimum absolute atomic E-state index is 0.101. The van der Waals surface area contributed by atoms with Gasteiger partial charge in [0.1, 0.15) is 5.82 Å². The molecule has 0 unspecified atom stereocenters. The molecule has 132 valence electrons. The third-order valence-electron chi connectivity index (χ3n) is 3.69. The molecule has 1 heterocycles. The number of hydrogen-bond donors (Lipinski definition) is 1. The maximum atomic E-state index is 13.8. The van der Waals surface area contributed by atoms with Crippen LogP contribution < -0.4 is 5.32 Å². The Bertz CT molecular complexity index is 909. The number of nitrogens with one attached hydrogen (secondary N) is 1. The molecule has 0 saturated carbocycles. The zero-order valence-corrected chi connectivity index (χ0v) is 14.7. The molecule has 1 saturated heterocycles. The van der Waals surface area contributed by atoms with E-state index in [1.54, 1.807) is 48.5 Å². The summed E-state index contributed by atoms with van der Waals surface area (Å²) in [6, 6.07) is 12.9. The van der Waals surface area contributed by atoms with Crippen molar-refractivity contribution >= 4 is 40.6 Å². The van der Waals surface area contributed by atoms with Crippen molar-refractivity contribution in [3.8, 4) is 0 Å². The van der Waals surface area contributed by atoms with E-state index in [2.05, 4.69) is 5.32 Å². The van der Waals surface area contributed by atoms with Crippen molar-refractivity contribution in [1.82, 2.24) is 4.90 Å². The smallest absolute Gasteiger partial charge is 0.293 e. The van der Waals surface area contributed by atoms with Crippen LogP contribution in [0.4, 0.5) is 14.9 Å². The molecular formula is C19H15FN2O3S. The van der Waals surface area contributed by atoms with Crippen molar-refractivity contribution in [3.05, 3.63) is 70.4 Å². The SMILES string of the molecule is CC(=O)Nc1ccc(/C=C2\SC(=O)N(Cc3ccccc3F)C2=O)cc1. The van der Waals surface area contributed by atoms with Crippen molar-refractivity contribution in [1.29, 1.82) is 0 Å². The molecule has 0 radical (unpaired) electrons. The molecule has 5 nitrogen and oxygen atoms in total. The lowest BCUT2D eigenvalue weighted by molar-refractivity contribution is -0.123. The van der Waals surface area contributed by atoms with Gasteiger partial charge in [-0.05, 0) is 41.6 Å². The van der Waals surface area contributed by atoms with E-state index in [1.165, 1.54) is 13.0 Å². The van der Waals surface area contributed by atoms with Crippen LogP contribution in [0.3, 0.4) is 0 Å². The minimum atomic E-state index is -0.455. The fourth-order valence-corrected chi connectivity index (χ4v) is 3.29. The van der Waals surface area contributed by atoms with E-state index in [-0.39, 0.29) is 22.9 Å². The first-order valence-corrected chi connectivity index (χ1v) is 8.62. The number of thioether (sulfide) groups is 1. The zero-order valence-electron chi connectivity index (χ0n) is 13.9. The topological polar surface area (TPSA) is 66.5 Å². The van der Waals surface area contributed by atoms with E-state index in [4.69, 9.17) is 0 Å². The van der Waals surface area contributed by atoms with Crippen LogP contribution in [0, 0.1) is 5.82 Å². The van der Waals surface area contributed by atoms with Gasteiger partial charge in [-0.25, -0.2) is 4.39 Å². The van der Waals surface area contributed by atoms with Crippen LogP contribution in [0.25, 0.3) is 6.08 Å². The number of hydrogen-bond acceptors (Lipinski definition) is 4. The molecule has 0 bridgehead atoms. The maximum Gasteiger partial charge on any atom is 0.293 e. The van der Waals surface area contributed by atoms with Crippen LogP contribution in [0.2, 0.25) is 0 Å². The molecule has 1 N–H and O–H groups in total. The third kappa shape index (κ3) is 4.00. The number of carbonyl (C=O) groups excluding carboxylic acids is 3. The minimum Gasteiger partial charge on any atom is -0.326 e. The van der Waals surface area contributed by atoms with Crippen molar-refractivity contribution in [2.24, 2.45) is 0 Å². The maximum absolute atomic E-state index is 13.8. The second-order valence-corrected chi connectivity index (χ2v) is 6.66. The van der Waals surface area contributed by atoms with Crippen LogP contribution in [0.1, 0.15) is 18.1 Å². The highest BCUT2D eigenvalue weighted by Crippen LogP contribution is 2.33. The number of rotatable bonds is 4. The van der Waals surface area contributed by atoms with Gasteiger partial charge in [0.05, 0.1) is 11.4 Å². The molecule has 7 heteroatoms. The van der Waals surface area contributed by atoms with Gasteiger partial charge in [0, 0.05) is 18.2 Å². The highest BCUT2D eigenvalue weighted by molar-refractivity contribution is 8.18. The lowest BCUT2D eigenvalue weighted by Gasteiger charge is -2.12. The summed E-state index contributed by atoms with van der Waals surface area (Å²) in [4.78, 5) is 36.9. The molecule has 0 aromatic heterocycles. The summed E-state index contributed by atoms with van der Waals surface area (Å²) in [5.41, 5.74) is 1.65. The molecule has 1 aliphatic heterocycles. The van der Waals surface area contributed by atoms with Crippen molar-refractivity contribution in [2.45, 2.75) is 13.5 Å². The Morgan fingerprint density at radius 3 is 2.50 bits per heavy atom. The average molecular weight is 370 g/mol. The molecule has 3 amide bonds. The normalized spacial score (nSPS) is 15.6. The Hall–Kier alpha value is -2.93. The number of anilines is 1. The van der Waals surface area contributed by atoms with E-state index in [1.807, 2.05) is 0 Å². The number of benzene rings is 2. The first-order valence-electron chi connectivity index (χ1n) is 7.80. The van der Waals surface area contributed by atoms with Gasteiger partial charge in [0.15, 0.2) is 0 Å². The van der Waals surface area contributed by atoms with Crippen LogP contribution in [0.15, 0.2) is 53.4 Å². The molecule has 1 fully saturated rings. The van der Waals surface area contributed by atoms with Crippen molar-refractivity contribution in [3.63, 3.8) is 0 Å². The van der Waals surface area contributed by atoms with E-state index in [9.17, 15) is 18.8 Å². The number of imide groups is 1. The second-order valence-electron chi connectivity index (χ2n) is 5.66. The molecule has 26 heavy (non-hydrogen) atoms. The zero-order chi connectivity index (χ0) is 18.7. The van der Waals surface area contributed by atoms with Crippen LogP contribution in [-0.4, -0.2) is 22.0 Å². The molecule has 0 aliphatic carbocycles. The summed E-state index contributed by atoms with van der Waals surface area (Å²) in [5.74, 6) is -1.08. The molecule has 0 atom stereocenters. The summed E-state index contributed by atoms with van der Waals surface area (Å²) >= 11 is 0.823. The number of carbonyl (C=O) groups is 3.